The Bertz CT molecular complexity index is 497. The zero-order chi connectivity index (χ0) is 11.5. The highest BCUT2D eigenvalue weighted by Gasteiger charge is 2.21. The maximum absolute atomic E-state index is 5.63. The van der Waals surface area contributed by atoms with Crippen molar-refractivity contribution in [3.05, 3.63) is 42.6 Å². The molecule has 1 aromatic heterocycles. The van der Waals surface area contributed by atoms with Crippen LogP contribution in [0.2, 0.25) is 0 Å². The average Bonchev–Trinajstić information content (AvgIpc) is 3.15. The van der Waals surface area contributed by atoms with E-state index in [1.807, 2.05) is 30.3 Å². The van der Waals surface area contributed by atoms with Crippen LogP contribution in [0, 0.1) is 0 Å². The summed E-state index contributed by atoms with van der Waals surface area (Å²) in [5.74, 6) is 1.99. The van der Waals surface area contributed by atoms with Crippen molar-refractivity contribution in [3.8, 4) is 11.6 Å². The summed E-state index contributed by atoms with van der Waals surface area (Å²) in [6.07, 6.45) is 4.11. The Morgan fingerprint density at radius 1 is 1.12 bits per heavy atom. The Kier molecular flexibility index (Phi) is 2.62. The van der Waals surface area contributed by atoms with Gasteiger partial charge in [-0.1, -0.05) is 18.2 Å². The number of anilines is 1. The summed E-state index contributed by atoms with van der Waals surface area (Å²) in [4.78, 5) is 8.46. The molecule has 0 amide bonds. The van der Waals surface area contributed by atoms with E-state index < -0.39 is 0 Å². The van der Waals surface area contributed by atoms with Crippen molar-refractivity contribution in [1.82, 2.24) is 9.97 Å². The number of rotatable bonds is 4. The van der Waals surface area contributed by atoms with Crippen molar-refractivity contribution >= 4 is 5.95 Å². The molecule has 1 fully saturated rings. The second kappa shape index (κ2) is 4.41. The summed E-state index contributed by atoms with van der Waals surface area (Å²) in [5, 5.41) is 3.24. The van der Waals surface area contributed by atoms with E-state index in [-0.39, 0.29) is 0 Å². The molecule has 1 N–H and O–H groups in total. The van der Waals surface area contributed by atoms with Gasteiger partial charge in [-0.25, -0.2) is 4.98 Å². The molecule has 4 heteroatoms. The van der Waals surface area contributed by atoms with E-state index in [9.17, 15) is 0 Å². The lowest BCUT2D eigenvalue weighted by atomic mass is 10.3. The van der Waals surface area contributed by atoms with E-state index in [1.165, 1.54) is 12.8 Å². The monoisotopic (exact) mass is 227 g/mol. The molecule has 0 saturated heterocycles. The number of benzene rings is 1. The first-order valence-electron chi connectivity index (χ1n) is 5.73. The van der Waals surface area contributed by atoms with Gasteiger partial charge in [-0.3, -0.25) is 0 Å². The Morgan fingerprint density at radius 3 is 2.71 bits per heavy atom. The predicted molar refractivity (Wildman–Crippen MR) is 65.2 cm³/mol. The van der Waals surface area contributed by atoms with E-state index in [4.69, 9.17) is 4.74 Å². The molecule has 3 rings (SSSR count). The first kappa shape index (κ1) is 10.1. The van der Waals surface area contributed by atoms with Crippen LogP contribution in [0.5, 0.6) is 11.6 Å². The molecule has 86 valence electrons. The summed E-state index contributed by atoms with van der Waals surface area (Å²) < 4.78 is 5.63. The lowest BCUT2D eigenvalue weighted by Gasteiger charge is -2.06. The molecule has 1 heterocycles. The molecule has 1 saturated carbocycles. The highest BCUT2D eigenvalue weighted by molar-refractivity contribution is 5.33. The van der Waals surface area contributed by atoms with Crippen molar-refractivity contribution in [3.63, 3.8) is 0 Å². The molecule has 0 bridgehead atoms. The first-order valence-corrected chi connectivity index (χ1v) is 5.73. The van der Waals surface area contributed by atoms with Gasteiger partial charge in [0.15, 0.2) is 0 Å². The number of hydrogen-bond acceptors (Lipinski definition) is 4. The van der Waals surface area contributed by atoms with Crippen molar-refractivity contribution in [2.45, 2.75) is 18.9 Å². The maximum Gasteiger partial charge on any atom is 0.226 e. The number of nitrogens with zero attached hydrogens (tertiary/aromatic N) is 2. The molecule has 1 aliphatic carbocycles. The van der Waals surface area contributed by atoms with Gasteiger partial charge < -0.3 is 10.1 Å². The minimum absolute atomic E-state index is 0.543. The minimum atomic E-state index is 0.543. The Balaban J connectivity index is 1.73. The van der Waals surface area contributed by atoms with Gasteiger partial charge in [0.05, 0.1) is 0 Å². The lowest BCUT2D eigenvalue weighted by Crippen LogP contribution is -2.05. The van der Waals surface area contributed by atoms with E-state index >= 15 is 0 Å². The number of hydrogen-bond donors (Lipinski definition) is 1. The topological polar surface area (TPSA) is 47.0 Å². The molecule has 0 atom stereocenters. The molecular formula is C13H13N3O. The van der Waals surface area contributed by atoms with E-state index in [0.717, 1.165) is 5.75 Å². The van der Waals surface area contributed by atoms with E-state index in [1.54, 1.807) is 12.3 Å². The number of para-hydroxylation sites is 1. The van der Waals surface area contributed by atoms with Crippen molar-refractivity contribution in [1.29, 1.82) is 0 Å². The van der Waals surface area contributed by atoms with Gasteiger partial charge in [0.25, 0.3) is 0 Å². The largest absolute Gasteiger partial charge is 0.439 e. The Morgan fingerprint density at radius 2 is 1.94 bits per heavy atom. The van der Waals surface area contributed by atoms with Gasteiger partial charge in [0.1, 0.15) is 5.75 Å². The highest BCUT2D eigenvalue weighted by atomic mass is 16.5. The molecule has 0 aliphatic heterocycles. The molecule has 1 aromatic carbocycles. The quantitative estimate of drug-likeness (QED) is 0.872. The van der Waals surface area contributed by atoms with Crippen molar-refractivity contribution in [2.24, 2.45) is 0 Å². The standard InChI is InChI=1S/C13H13N3O/c1-2-4-11(5-3-1)17-12-8-9-14-13(16-12)15-10-6-7-10/h1-5,8-10H,6-7H2,(H,14,15,16). The molecule has 1 aliphatic rings. The van der Waals surface area contributed by atoms with Gasteiger partial charge in [-0.05, 0) is 25.0 Å². The average molecular weight is 227 g/mol. The van der Waals surface area contributed by atoms with Crippen LogP contribution in [0.4, 0.5) is 5.95 Å². The van der Waals surface area contributed by atoms with Gasteiger partial charge in [-0.15, -0.1) is 0 Å². The lowest BCUT2D eigenvalue weighted by molar-refractivity contribution is 0.462. The molecule has 0 radical (unpaired) electrons. The maximum atomic E-state index is 5.63. The molecule has 0 unspecified atom stereocenters. The number of nitrogens with one attached hydrogen (secondary N) is 1. The zero-order valence-electron chi connectivity index (χ0n) is 9.34. The van der Waals surface area contributed by atoms with Crippen LogP contribution < -0.4 is 10.1 Å². The fourth-order valence-electron chi connectivity index (χ4n) is 1.49. The second-order valence-electron chi connectivity index (χ2n) is 4.05. The third-order valence-electron chi connectivity index (χ3n) is 2.51. The third-order valence-corrected chi connectivity index (χ3v) is 2.51. The molecular weight excluding hydrogens is 214 g/mol. The minimum Gasteiger partial charge on any atom is -0.439 e. The van der Waals surface area contributed by atoms with Crippen LogP contribution in [0.3, 0.4) is 0 Å². The van der Waals surface area contributed by atoms with Gasteiger partial charge in [-0.2, -0.15) is 4.98 Å². The summed E-state index contributed by atoms with van der Waals surface area (Å²) in [6.45, 7) is 0. The number of ether oxygens (including phenoxy) is 1. The normalized spacial score (nSPS) is 14.4. The first-order chi connectivity index (χ1) is 8.40. The van der Waals surface area contributed by atoms with E-state index in [0.29, 0.717) is 17.9 Å². The van der Waals surface area contributed by atoms with Crippen LogP contribution in [0.15, 0.2) is 42.6 Å². The number of aromatic nitrogens is 2. The zero-order valence-corrected chi connectivity index (χ0v) is 9.34. The molecule has 0 spiro atoms. The fourth-order valence-corrected chi connectivity index (χ4v) is 1.49. The van der Waals surface area contributed by atoms with Crippen molar-refractivity contribution in [2.75, 3.05) is 5.32 Å². The molecule has 2 aromatic rings. The summed E-state index contributed by atoms with van der Waals surface area (Å²) in [7, 11) is 0. The molecule has 4 nitrogen and oxygen atoms in total. The highest BCUT2D eigenvalue weighted by Crippen LogP contribution is 2.24. The van der Waals surface area contributed by atoms with Crippen molar-refractivity contribution < 1.29 is 4.74 Å². The van der Waals surface area contributed by atoms with Crippen LogP contribution >= 0.6 is 0 Å². The fraction of sp³-hybridized carbons (Fsp3) is 0.231. The summed E-state index contributed by atoms with van der Waals surface area (Å²) in [6, 6.07) is 11.9. The molecule has 17 heavy (non-hydrogen) atoms. The van der Waals surface area contributed by atoms with Crippen LogP contribution in [-0.4, -0.2) is 16.0 Å². The van der Waals surface area contributed by atoms with Crippen LogP contribution in [-0.2, 0) is 0 Å². The summed E-state index contributed by atoms with van der Waals surface area (Å²) >= 11 is 0. The van der Waals surface area contributed by atoms with Gasteiger partial charge in [0, 0.05) is 18.3 Å². The predicted octanol–water partition coefficient (Wildman–Crippen LogP) is 2.84. The summed E-state index contributed by atoms with van der Waals surface area (Å²) in [5.41, 5.74) is 0. The second-order valence-corrected chi connectivity index (χ2v) is 4.05. The SMILES string of the molecule is c1ccc(Oc2ccnc(NC3CC3)n2)cc1. The third kappa shape index (κ3) is 2.72. The van der Waals surface area contributed by atoms with Gasteiger partial charge in [0.2, 0.25) is 11.8 Å². The van der Waals surface area contributed by atoms with Crippen LogP contribution in [0.1, 0.15) is 12.8 Å². The Labute approximate surface area is 99.7 Å². The Hall–Kier alpha value is -2.10. The van der Waals surface area contributed by atoms with E-state index in [2.05, 4.69) is 15.3 Å². The van der Waals surface area contributed by atoms with Crippen LogP contribution in [0.25, 0.3) is 0 Å². The van der Waals surface area contributed by atoms with Gasteiger partial charge >= 0.3 is 0 Å². The smallest absolute Gasteiger partial charge is 0.226 e.